The molecule has 4 aromatic rings. The van der Waals surface area contributed by atoms with Crippen LogP contribution in [0.3, 0.4) is 0 Å². The van der Waals surface area contributed by atoms with Gasteiger partial charge in [0.1, 0.15) is 5.82 Å². The average molecular weight is 312 g/mol. The number of nitrogen functional groups attached to an aromatic ring is 1. The zero-order valence-corrected chi connectivity index (χ0v) is 12.0. The number of fused-ring (bicyclic) bond motifs is 1. The molecule has 22 heavy (non-hydrogen) atoms. The van der Waals surface area contributed by atoms with E-state index in [0.29, 0.717) is 33.5 Å². The first-order chi connectivity index (χ1) is 10.7. The van der Waals surface area contributed by atoms with Crippen LogP contribution in [-0.4, -0.2) is 19.7 Å². The summed E-state index contributed by atoms with van der Waals surface area (Å²) in [5.41, 5.74) is 7.46. The van der Waals surface area contributed by atoms with Crippen LogP contribution in [-0.2, 0) is 0 Å². The number of nitrogens with zero attached hydrogens (tertiary/aromatic N) is 4. The Labute approximate surface area is 130 Å². The van der Waals surface area contributed by atoms with Crippen molar-refractivity contribution in [2.24, 2.45) is 0 Å². The van der Waals surface area contributed by atoms with E-state index < -0.39 is 0 Å². The Morgan fingerprint density at radius 2 is 1.91 bits per heavy atom. The molecule has 0 bridgehead atoms. The third-order valence-corrected chi connectivity index (χ3v) is 3.52. The Bertz CT molecular complexity index is 944. The smallest absolute Gasteiger partial charge is 0.199 e. The molecule has 0 amide bonds. The number of hydrogen-bond acceptors (Lipinski definition) is 5. The van der Waals surface area contributed by atoms with Gasteiger partial charge in [0.25, 0.3) is 0 Å². The van der Waals surface area contributed by atoms with E-state index in [-0.39, 0.29) is 0 Å². The van der Waals surface area contributed by atoms with Crippen LogP contribution in [0.4, 0.5) is 5.82 Å². The average Bonchev–Trinajstić information content (AvgIpc) is 3.17. The van der Waals surface area contributed by atoms with E-state index >= 15 is 0 Å². The molecule has 3 heterocycles. The van der Waals surface area contributed by atoms with Gasteiger partial charge < -0.3 is 10.2 Å². The summed E-state index contributed by atoms with van der Waals surface area (Å²) in [5, 5.41) is 5.68. The maximum absolute atomic E-state index is 6.01. The summed E-state index contributed by atoms with van der Waals surface area (Å²) in [6.07, 6.45) is 3.21. The topological polar surface area (TPSA) is 82.8 Å². The number of benzene rings is 1. The standard InChI is InChI=1S/C15H10ClN5O/c16-9-3-5-10(6-4-9)21-15-11(8-18-21)13(17)19-14(20-15)12-2-1-7-22-12/h1-8H,(H2,17,19,20). The highest BCUT2D eigenvalue weighted by atomic mass is 35.5. The maximum atomic E-state index is 6.01. The molecule has 0 aliphatic heterocycles. The van der Waals surface area contributed by atoms with E-state index in [9.17, 15) is 0 Å². The lowest BCUT2D eigenvalue weighted by Gasteiger charge is -2.04. The SMILES string of the molecule is Nc1nc(-c2ccco2)nc2c1cnn2-c1ccc(Cl)cc1. The van der Waals surface area contributed by atoms with E-state index in [1.165, 1.54) is 0 Å². The fourth-order valence-corrected chi connectivity index (χ4v) is 2.34. The molecular weight excluding hydrogens is 302 g/mol. The van der Waals surface area contributed by atoms with Gasteiger partial charge in [-0.1, -0.05) is 11.6 Å². The molecule has 4 rings (SSSR count). The Kier molecular flexibility index (Phi) is 2.83. The molecule has 0 saturated carbocycles. The molecule has 0 atom stereocenters. The lowest BCUT2D eigenvalue weighted by Crippen LogP contribution is -2.01. The molecule has 0 spiro atoms. The number of rotatable bonds is 2. The van der Waals surface area contributed by atoms with Crippen molar-refractivity contribution >= 4 is 28.5 Å². The fraction of sp³-hybridized carbons (Fsp3) is 0. The second kappa shape index (κ2) is 4.85. The molecule has 0 unspecified atom stereocenters. The summed E-state index contributed by atoms with van der Waals surface area (Å²) in [5.74, 6) is 1.33. The van der Waals surface area contributed by atoms with E-state index in [0.717, 1.165) is 5.69 Å². The van der Waals surface area contributed by atoms with E-state index in [4.69, 9.17) is 21.8 Å². The van der Waals surface area contributed by atoms with Gasteiger partial charge in [0.2, 0.25) is 0 Å². The van der Waals surface area contributed by atoms with Gasteiger partial charge in [0.05, 0.1) is 23.5 Å². The molecule has 3 aromatic heterocycles. The van der Waals surface area contributed by atoms with Gasteiger partial charge in [0, 0.05) is 5.02 Å². The number of aromatic nitrogens is 4. The predicted octanol–water partition coefficient (Wildman–Crippen LogP) is 3.31. The maximum Gasteiger partial charge on any atom is 0.199 e. The Hall–Kier alpha value is -2.86. The van der Waals surface area contributed by atoms with Gasteiger partial charge in [0.15, 0.2) is 17.2 Å². The van der Waals surface area contributed by atoms with Crippen molar-refractivity contribution in [2.45, 2.75) is 0 Å². The minimum absolute atomic E-state index is 0.358. The van der Waals surface area contributed by atoms with Gasteiger partial charge in [-0.2, -0.15) is 5.10 Å². The fourth-order valence-electron chi connectivity index (χ4n) is 2.22. The van der Waals surface area contributed by atoms with Crippen molar-refractivity contribution in [1.82, 2.24) is 19.7 Å². The minimum atomic E-state index is 0.358. The first-order valence-corrected chi connectivity index (χ1v) is 6.91. The summed E-state index contributed by atoms with van der Waals surface area (Å²) in [7, 11) is 0. The Morgan fingerprint density at radius 3 is 2.64 bits per heavy atom. The molecule has 1 aromatic carbocycles. The summed E-state index contributed by atoms with van der Waals surface area (Å²) >= 11 is 5.92. The highest BCUT2D eigenvalue weighted by Gasteiger charge is 2.14. The third kappa shape index (κ3) is 2.01. The predicted molar refractivity (Wildman–Crippen MR) is 83.8 cm³/mol. The quantitative estimate of drug-likeness (QED) is 0.614. The van der Waals surface area contributed by atoms with Gasteiger partial charge in [-0.25, -0.2) is 14.6 Å². The van der Waals surface area contributed by atoms with Crippen molar-refractivity contribution in [2.75, 3.05) is 5.73 Å². The summed E-state index contributed by atoms with van der Waals surface area (Å²) < 4.78 is 7.02. The molecule has 0 radical (unpaired) electrons. The molecule has 108 valence electrons. The van der Waals surface area contributed by atoms with Gasteiger partial charge in [-0.3, -0.25) is 0 Å². The lowest BCUT2D eigenvalue weighted by atomic mass is 10.3. The molecule has 0 aliphatic rings. The van der Waals surface area contributed by atoms with E-state index in [1.807, 2.05) is 12.1 Å². The Morgan fingerprint density at radius 1 is 1.09 bits per heavy atom. The second-order valence-corrected chi connectivity index (χ2v) is 5.12. The highest BCUT2D eigenvalue weighted by Crippen LogP contribution is 2.25. The van der Waals surface area contributed by atoms with Gasteiger partial charge in [-0.05, 0) is 36.4 Å². The molecule has 7 heteroatoms. The number of hydrogen-bond donors (Lipinski definition) is 1. The number of nitrogens with two attached hydrogens (primary N) is 1. The van der Waals surface area contributed by atoms with Crippen LogP contribution in [0.25, 0.3) is 28.3 Å². The molecule has 6 nitrogen and oxygen atoms in total. The number of furan rings is 1. The molecule has 2 N–H and O–H groups in total. The van der Waals surface area contributed by atoms with Crippen molar-refractivity contribution in [3.8, 4) is 17.3 Å². The van der Waals surface area contributed by atoms with Crippen molar-refractivity contribution in [3.05, 3.63) is 53.9 Å². The lowest BCUT2D eigenvalue weighted by molar-refractivity contribution is 0.577. The number of anilines is 1. The minimum Gasteiger partial charge on any atom is -0.461 e. The van der Waals surface area contributed by atoms with Crippen LogP contribution in [0, 0.1) is 0 Å². The van der Waals surface area contributed by atoms with Crippen LogP contribution < -0.4 is 5.73 Å². The van der Waals surface area contributed by atoms with Crippen molar-refractivity contribution < 1.29 is 4.42 Å². The van der Waals surface area contributed by atoms with Crippen LogP contribution in [0.15, 0.2) is 53.3 Å². The molecular formula is C15H10ClN5O. The summed E-state index contributed by atoms with van der Waals surface area (Å²) in [6, 6.07) is 10.9. The van der Waals surface area contributed by atoms with E-state index in [1.54, 1.807) is 41.4 Å². The second-order valence-electron chi connectivity index (χ2n) is 4.68. The molecule has 0 aliphatic carbocycles. The van der Waals surface area contributed by atoms with Crippen LogP contribution in [0.5, 0.6) is 0 Å². The first kappa shape index (κ1) is 12.8. The highest BCUT2D eigenvalue weighted by molar-refractivity contribution is 6.30. The van der Waals surface area contributed by atoms with Crippen molar-refractivity contribution in [3.63, 3.8) is 0 Å². The normalized spacial score (nSPS) is 11.1. The summed E-state index contributed by atoms with van der Waals surface area (Å²) in [4.78, 5) is 8.78. The van der Waals surface area contributed by atoms with E-state index in [2.05, 4.69) is 15.1 Å². The third-order valence-electron chi connectivity index (χ3n) is 3.27. The van der Waals surface area contributed by atoms with Crippen molar-refractivity contribution in [1.29, 1.82) is 0 Å². The molecule has 0 saturated heterocycles. The van der Waals surface area contributed by atoms with Gasteiger partial charge >= 0.3 is 0 Å². The van der Waals surface area contributed by atoms with Crippen LogP contribution in [0.1, 0.15) is 0 Å². The summed E-state index contributed by atoms with van der Waals surface area (Å²) in [6.45, 7) is 0. The van der Waals surface area contributed by atoms with Gasteiger partial charge in [-0.15, -0.1) is 0 Å². The molecule has 0 fully saturated rings. The zero-order chi connectivity index (χ0) is 15.1. The van der Waals surface area contributed by atoms with Crippen LogP contribution >= 0.6 is 11.6 Å². The zero-order valence-electron chi connectivity index (χ0n) is 11.3. The number of halogens is 1. The van der Waals surface area contributed by atoms with Crippen LogP contribution in [0.2, 0.25) is 5.02 Å². The monoisotopic (exact) mass is 311 g/mol. The largest absolute Gasteiger partial charge is 0.461 e. The first-order valence-electron chi connectivity index (χ1n) is 6.53. The Balaban J connectivity index is 1.95.